The Morgan fingerprint density at radius 1 is 1.43 bits per heavy atom. The van der Waals surface area contributed by atoms with Crippen LogP contribution in [0.3, 0.4) is 0 Å². The third-order valence-corrected chi connectivity index (χ3v) is 4.21. The van der Waals surface area contributed by atoms with Crippen LogP contribution in [-0.2, 0) is 16.4 Å². The number of aldehydes is 1. The van der Waals surface area contributed by atoms with Crippen molar-refractivity contribution in [2.45, 2.75) is 6.54 Å². The van der Waals surface area contributed by atoms with Crippen LogP contribution in [0.4, 0.5) is 4.39 Å². The lowest BCUT2D eigenvalue weighted by Crippen LogP contribution is -2.11. The molecule has 0 amide bonds. The summed E-state index contributed by atoms with van der Waals surface area (Å²) in [6, 6.07) is 4.43. The van der Waals surface area contributed by atoms with Gasteiger partial charge in [0, 0.05) is 22.5 Å². The average Bonchev–Trinajstić information content (AvgIpc) is 2.79. The van der Waals surface area contributed by atoms with Crippen molar-refractivity contribution in [2.75, 3.05) is 12.0 Å². The van der Waals surface area contributed by atoms with Gasteiger partial charge in [-0.15, -0.1) is 0 Å². The molecule has 0 aliphatic rings. The van der Waals surface area contributed by atoms with Crippen LogP contribution in [0.15, 0.2) is 28.9 Å². The molecule has 0 N–H and O–H groups in total. The van der Waals surface area contributed by atoms with Crippen molar-refractivity contribution in [1.82, 2.24) is 9.78 Å². The van der Waals surface area contributed by atoms with Crippen molar-refractivity contribution in [2.24, 2.45) is 0 Å². The summed E-state index contributed by atoms with van der Waals surface area (Å²) in [5.41, 5.74) is 0.603. The van der Waals surface area contributed by atoms with Crippen LogP contribution in [0.1, 0.15) is 10.4 Å². The van der Waals surface area contributed by atoms with Gasteiger partial charge in [-0.3, -0.25) is 9.48 Å². The Balaban J connectivity index is 2.39. The Labute approximate surface area is 129 Å². The average molecular weight is 375 g/mol. The summed E-state index contributed by atoms with van der Waals surface area (Å²) in [4.78, 5) is 11.1. The first-order valence-electron chi connectivity index (χ1n) is 5.96. The molecule has 2 rings (SSSR count). The Morgan fingerprint density at radius 3 is 2.71 bits per heavy atom. The van der Waals surface area contributed by atoms with Crippen LogP contribution in [-0.4, -0.2) is 36.5 Å². The smallest absolute Gasteiger partial charge is 0.153 e. The third kappa shape index (κ3) is 3.98. The van der Waals surface area contributed by atoms with E-state index in [1.54, 1.807) is 6.07 Å². The molecule has 0 radical (unpaired) electrons. The highest BCUT2D eigenvalue weighted by Crippen LogP contribution is 2.26. The fraction of sp³-hybridized carbons (Fsp3) is 0.231. The lowest BCUT2D eigenvalue weighted by molar-refractivity contribution is 0.112. The first-order chi connectivity index (χ1) is 9.80. The topological polar surface area (TPSA) is 69.0 Å². The van der Waals surface area contributed by atoms with E-state index in [1.165, 1.54) is 23.0 Å². The molecule has 0 aliphatic carbocycles. The van der Waals surface area contributed by atoms with Gasteiger partial charge in [0.05, 0.1) is 17.9 Å². The van der Waals surface area contributed by atoms with Crippen LogP contribution in [0, 0.1) is 5.82 Å². The molecule has 0 spiro atoms. The van der Waals surface area contributed by atoms with Gasteiger partial charge in [0.25, 0.3) is 0 Å². The van der Waals surface area contributed by atoms with Crippen molar-refractivity contribution in [3.8, 4) is 11.3 Å². The summed E-state index contributed by atoms with van der Waals surface area (Å²) in [5, 5.41) is 4.11. The number of carbonyl (C=O) groups is 1. The van der Waals surface area contributed by atoms with Gasteiger partial charge < -0.3 is 0 Å². The van der Waals surface area contributed by atoms with E-state index in [0.717, 1.165) is 6.26 Å². The summed E-state index contributed by atoms with van der Waals surface area (Å²) in [6.45, 7) is 0.109. The van der Waals surface area contributed by atoms with Gasteiger partial charge in [-0.2, -0.15) is 5.10 Å². The van der Waals surface area contributed by atoms with Gasteiger partial charge in [0.1, 0.15) is 21.3 Å². The molecular formula is C13H12BrFN2O3S. The van der Waals surface area contributed by atoms with E-state index < -0.39 is 15.7 Å². The molecule has 0 atom stereocenters. The molecule has 8 heteroatoms. The highest BCUT2D eigenvalue weighted by atomic mass is 79.9. The van der Waals surface area contributed by atoms with Crippen LogP contribution in [0.25, 0.3) is 11.3 Å². The number of aromatic nitrogens is 2. The number of sulfone groups is 1. The van der Waals surface area contributed by atoms with E-state index in [9.17, 15) is 17.6 Å². The Morgan fingerprint density at radius 2 is 2.14 bits per heavy atom. The molecule has 112 valence electrons. The number of nitrogens with zero attached hydrogens (tertiary/aromatic N) is 2. The Bertz CT molecular complexity index is 787. The van der Waals surface area contributed by atoms with Gasteiger partial charge in [0.15, 0.2) is 6.29 Å². The number of hydrogen-bond acceptors (Lipinski definition) is 4. The molecule has 0 saturated carbocycles. The van der Waals surface area contributed by atoms with Crippen LogP contribution in [0.2, 0.25) is 0 Å². The van der Waals surface area contributed by atoms with E-state index in [1.807, 2.05) is 0 Å². The second-order valence-corrected chi connectivity index (χ2v) is 7.74. The second kappa shape index (κ2) is 6.07. The molecule has 1 aromatic heterocycles. The van der Waals surface area contributed by atoms with Gasteiger partial charge in [-0.05, 0) is 18.2 Å². The van der Waals surface area contributed by atoms with Crippen molar-refractivity contribution < 1.29 is 17.6 Å². The number of hydrogen-bond donors (Lipinski definition) is 0. The lowest BCUT2D eigenvalue weighted by Gasteiger charge is -2.02. The van der Waals surface area contributed by atoms with Crippen LogP contribution in [0.5, 0.6) is 0 Å². The molecular weight excluding hydrogens is 363 g/mol. The second-order valence-electron chi connectivity index (χ2n) is 4.57. The Kier molecular flexibility index (Phi) is 4.58. The third-order valence-electron chi connectivity index (χ3n) is 2.79. The molecule has 21 heavy (non-hydrogen) atoms. The van der Waals surface area contributed by atoms with Crippen molar-refractivity contribution in [3.63, 3.8) is 0 Å². The zero-order valence-corrected chi connectivity index (χ0v) is 13.5. The number of aryl methyl sites for hydroxylation is 1. The maximum Gasteiger partial charge on any atom is 0.153 e. The van der Waals surface area contributed by atoms with E-state index in [-0.39, 0.29) is 29.1 Å². The van der Waals surface area contributed by atoms with E-state index >= 15 is 0 Å². The maximum absolute atomic E-state index is 13.9. The summed E-state index contributed by atoms with van der Waals surface area (Å²) in [5.74, 6) is -0.615. The standard InChI is InChI=1S/C13H12BrFN2O3S/c1-21(19,20)5-4-17-7-9(8-18)13(16-17)11-3-2-10(14)6-12(11)15/h2-3,6-8H,4-5H2,1H3. The number of rotatable bonds is 5. The maximum atomic E-state index is 13.9. The van der Waals surface area contributed by atoms with Crippen LogP contribution < -0.4 is 0 Å². The normalized spacial score (nSPS) is 11.6. The molecule has 2 aromatic rings. The quantitative estimate of drug-likeness (QED) is 0.753. The SMILES string of the molecule is CS(=O)(=O)CCn1cc(C=O)c(-c2ccc(Br)cc2F)n1. The minimum absolute atomic E-state index is 0.102. The minimum Gasteiger partial charge on any atom is -0.298 e. The predicted octanol–water partition coefficient (Wildman–Crippen LogP) is 2.31. The number of halogens is 2. The zero-order valence-electron chi connectivity index (χ0n) is 11.1. The molecule has 0 fully saturated rings. The van der Waals surface area contributed by atoms with Crippen molar-refractivity contribution in [1.29, 1.82) is 0 Å². The number of benzene rings is 1. The van der Waals surface area contributed by atoms with Crippen molar-refractivity contribution in [3.05, 3.63) is 40.2 Å². The zero-order chi connectivity index (χ0) is 15.6. The molecule has 0 bridgehead atoms. The van der Waals surface area contributed by atoms with E-state index in [2.05, 4.69) is 21.0 Å². The molecule has 5 nitrogen and oxygen atoms in total. The summed E-state index contributed by atoms with van der Waals surface area (Å²) < 4.78 is 38.2. The first kappa shape index (κ1) is 15.8. The molecule has 0 unspecified atom stereocenters. The largest absolute Gasteiger partial charge is 0.298 e. The highest BCUT2D eigenvalue weighted by molar-refractivity contribution is 9.10. The van der Waals surface area contributed by atoms with Gasteiger partial charge in [-0.1, -0.05) is 15.9 Å². The lowest BCUT2D eigenvalue weighted by atomic mass is 10.1. The fourth-order valence-corrected chi connectivity index (χ4v) is 2.64. The fourth-order valence-electron chi connectivity index (χ4n) is 1.79. The highest BCUT2D eigenvalue weighted by Gasteiger charge is 2.15. The summed E-state index contributed by atoms with van der Waals surface area (Å²) >= 11 is 3.15. The molecule has 0 saturated heterocycles. The van der Waals surface area contributed by atoms with E-state index in [4.69, 9.17) is 0 Å². The minimum atomic E-state index is -3.14. The summed E-state index contributed by atoms with van der Waals surface area (Å²) in [6.07, 6.45) is 3.10. The van der Waals surface area contributed by atoms with Gasteiger partial charge in [0.2, 0.25) is 0 Å². The van der Waals surface area contributed by atoms with E-state index in [0.29, 0.717) is 10.8 Å². The molecule has 1 heterocycles. The molecule has 1 aromatic carbocycles. The summed E-state index contributed by atoms with van der Waals surface area (Å²) in [7, 11) is -3.14. The monoisotopic (exact) mass is 374 g/mol. The van der Waals surface area contributed by atoms with Gasteiger partial charge in [-0.25, -0.2) is 12.8 Å². The Hall–Kier alpha value is -1.54. The van der Waals surface area contributed by atoms with Crippen LogP contribution >= 0.6 is 15.9 Å². The predicted molar refractivity (Wildman–Crippen MR) is 80.4 cm³/mol. The van der Waals surface area contributed by atoms with Crippen molar-refractivity contribution >= 4 is 32.1 Å². The van der Waals surface area contributed by atoms with Gasteiger partial charge >= 0.3 is 0 Å². The number of carbonyl (C=O) groups excluding carboxylic acids is 1. The molecule has 0 aliphatic heterocycles. The first-order valence-corrected chi connectivity index (χ1v) is 8.81.